The number of methoxy groups -OCH3 is 1. The van der Waals surface area contributed by atoms with Crippen LogP contribution in [0.2, 0.25) is 5.02 Å². The Morgan fingerprint density at radius 3 is 2.65 bits per heavy atom. The van der Waals surface area contributed by atoms with Crippen LogP contribution in [0.4, 0.5) is 4.39 Å². The molecule has 0 heterocycles. The summed E-state index contributed by atoms with van der Waals surface area (Å²) in [6, 6.07) is 12.2. The van der Waals surface area contributed by atoms with Gasteiger partial charge in [-0.25, -0.2) is 4.39 Å². The second-order valence-electron chi connectivity index (χ2n) is 5.26. The summed E-state index contributed by atoms with van der Waals surface area (Å²) >= 11 is 5.94. The van der Waals surface area contributed by atoms with E-state index in [1.807, 2.05) is 31.2 Å². The van der Waals surface area contributed by atoms with Crippen molar-refractivity contribution in [3.8, 4) is 0 Å². The third-order valence-corrected chi connectivity index (χ3v) is 4.06. The third-order valence-electron chi connectivity index (χ3n) is 3.70. The summed E-state index contributed by atoms with van der Waals surface area (Å²) < 4.78 is 19.2. The third kappa shape index (κ3) is 4.53. The number of aryl methyl sites for hydroxylation is 1. The molecule has 1 atom stereocenters. The molecule has 0 unspecified atom stereocenters. The van der Waals surface area contributed by atoms with E-state index in [0.29, 0.717) is 6.54 Å². The van der Waals surface area contributed by atoms with Crippen molar-refractivity contribution in [2.75, 3.05) is 13.7 Å². The normalized spacial score (nSPS) is 12.0. The number of carbonyl (C=O) groups excluding carboxylic acids is 1. The van der Waals surface area contributed by atoms with Gasteiger partial charge in [0.15, 0.2) is 0 Å². The second-order valence-corrected chi connectivity index (χ2v) is 5.67. The summed E-state index contributed by atoms with van der Waals surface area (Å²) in [5.74, 6) is -0.775. The fourth-order valence-electron chi connectivity index (χ4n) is 2.40. The molecular weight excluding hydrogens is 317 g/mol. The van der Waals surface area contributed by atoms with Gasteiger partial charge in [0.25, 0.3) is 0 Å². The van der Waals surface area contributed by atoms with E-state index in [9.17, 15) is 9.18 Å². The molecule has 0 aromatic heterocycles. The van der Waals surface area contributed by atoms with Crippen LogP contribution in [0.1, 0.15) is 22.8 Å². The molecule has 0 spiro atoms. The van der Waals surface area contributed by atoms with Crippen LogP contribution < -0.4 is 5.32 Å². The molecule has 5 heteroatoms. The molecule has 2 aromatic carbocycles. The van der Waals surface area contributed by atoms with Crippen molar-refractivity contribution >= 4 is 17.5 Å². The van der Waals surface area contributed by atoms with Crippen molar-refractivity contribution in [3.05, 3.63) is 70.0 Å². The molecule has 2 rings (SSSR count). The highest BCUT2D eigenvalue weighted by Crippen LogP contribution is 2.21. The van der Waals surface area contributed by atoms with Gasteiger partial charge in [-0.1, -0.05) is 41.9 Å². The lowest BCUT2D eigenvalue weighted by molar-refractivity contribution is -0.121. The molecule has 3 nitrogen and oxygen atoms in total. The van der Waals surface area contributed by atoms with Crippen molar-refractivity contribution < 1.29 is 13.9 Å². The molecule has 0 saturated heterocycles. The number of hydrogen-bond acceptors (Lipinski definition) is 2. The van der Waals surface area contributed by atoms with Crippen LogP contribution in [0, 0.1) is 12.7 Å². The van der Waals surface area contributed by atoms with E-state index in [1.54, 1.807) is 13.2 Å². The quantitative estimate of drug-likeness (QED) is 0.871. The highest BCUT2D eigenvalue weighted by Gasteiger charge is 2.16. The largest absolute Gasteiger partial charge is 0.375 e. The topological polar surface area (TPSA) is 38.3 Å². The first-order chi connectivity index (χ1) is 11.0. The Balaban J connectivity index is 1.99. The molecule has 0 saturated carbocycles. The lowest BCUT2D eigenvalue weighted by atomic mass is 10.0. The number of carbonyl (C=O) groups is 1. The smallest absolute Gasteiger partial charge is 0.224 e. The highest BCUT2D eigenvalue weighted by molar-refractivity contribution is 6.31. The molecule has 0 fully saturated rings. The van der Waals surface area contributed by atoms with E-state index in [1.165, 1.54) is 12.1 Å². The molecule has 122 valence electrons. The van der Waals surface area contributed by atoms with Gasteiger partial charge in [0, 0.05) is 24.2 Å². The SMILES string of the molecule is CO[C@@H](CNC(=O)Cc1c(F)cccc1Cl)c1ccccc1C. The van der Waals surface area contributed by atoms with Gasteiger partial charge in [-0.3, -0.25) is 4.79 Å². The first-order valence-corrected chi connectivity index (χ1v) is 7.68. The summed E-state index contributed by atoms with van der Waals surface area (Å²) in [5, 5.41) is 3.03. The first kappa shape index (κ1) is 17.4. The Kier molecular flexibility index (Phi) is 6.13. The predicted molar refractivity (Wildman–Crippen MR) is 89.1 cm³/mol. The van der Waals surface area contributed by atoms with Crippen LogP contribution in [0.25, 0.3) is 0 Å². The molecular formula is C18H19ClFNO2. The maximum atomic E-state index is 13.7. The molecule has 2 aromatic rings. The van der Waals surface area contributed by atoms with Gasteiger partial charge in [0.1, 0.15) is 5.82 Å². The summed E-state index contributed by atoms with van der Waals surface area (Å²) in [7, 11) is 1.59. The van der Waals surface area contributed by atoms with E-state index in [-0.39, 0.29) is 29.0 Å². The zero-order valence-electron chi connectivity index (χ0n) is 13.1. The fourth-order valence-corrected chi connectivity index (χ4v) is 2.63. The Morgan fingerprint density at radius 1 is 1.26 bits per heavy atom. The summed E-state index contributed by atoms with van der Waals surface area (Å²) in [6.45, 7) is 2.30. The molecule has 0 radical (unpaired) electrons. The lowest BCUT2D eigenvalue weighted by Gasteiger charge is -2.18. The van der Waals surface area contributed by atoms with E-state index in [0.717, 1.165) is 11.1 Å². The monoisotopic (exact) mass is 335 g/mol. The second kappa shape index (κ2) is 8.09. The van der Waals surface area contributed by atoms with E-state index in [4.69, 9.17) is 16.3 Å². The van der Waals surface area contributed by atoms with Crippen LogP contribution in [0.5, 0.6) is 0 Å². The van der Waals surface area contributed by atoms with Crippen LogP contribution in [0.3, 0.4) is 0 Å². The minimum absolute atomic E-state index is 0.101. The maximum Gasteiger partial charge on any atom is 0.224 e. The number of nitrogens with one attached hydrogen (secondary N) is 1. The molecule has 1 amide bonds. The Labute approximate surface area is 140 Å². The van der Waals surface area contributed by atoms with Crippen LogP contribution in [-0.4, -0.2) is 19.6 Å². The summed E-state index contributed by atoms with van der Waals surface area (Å²) in [5.41, 5.74) is 2.31. The number of amides is 1. The van der Waals surface area contributed by atoms with E-state index >= 15 is 0 Å². The van der Waals surface area contributed by atoms with Gasteiger partial charge < -0.3 is 10.1 Å². The van der Waals surface area contributed by atoms with Gasteiger partial charge in [-0.05, 0) is 30.2 Å². The average molecular weight is 336 g/mol. The molecule has 0 aliphatic heterocycles. The van der Waals surface area contributed by atoms with Gasteiger partial charge in [0.05, 0.1) is 12.5 Å². The van der Waals surface area contributed by atoms with Crippen molar-refractivity contribution in [3.63, 3.8) is 0 Å². The van der Waals surface area contributed by atoms with Crippen molar-refractivity contribution in [1.82, 2.24) is 5.32 Å². The van der Waals surface area contributed by atoms with Gasteiger partial charge >= 0.3 is 0 Å². The summed E-state index contributed by atoms with van der Waals surface area (Å²) in [6.07, 6.45) is -0.355. The molecule has 23 heavy (non-hydrogen) atoms. The average Bonchev–Trinajstić information content (AvgIpc) is 2.53. The minimum Gasteiger partial charge on any atom is -0.375 e. The molecule has 1 N–H and O–H groups in total. The maximum absolute atomic E-state index is 13.7. The first-order valence-electron chi connectivity index (χ1n) is 7.30. The number of rotatable bonds is 6. The van der Waals surface area contributed by atoms with Crippen LogP contribution in [-0.2, 0) is 16.0 Å². The van der Waals surface area contributed by atoms with Gasteiger partial charge in [-0.2, -0.15) is 0 Å². The Bertz CT molecular complexity index is 670. The van der Waals surface area contributed by atoms with Crippen LogP contribution >= 0.6 is 11.6 Å². The molecule has 0 aliphatic rings. The van der Waals surface area contributed by atoms with E-state index < -0.39 is 5.82 Å². The van der Waals surface area contributed by atoms with Gasteiger partial charge in [-0.15, -0.1) is 0 Å². The Morgan fingerprint density at radius 2 is 2.00 bits per heavy atom. The summed E-state index contributed by atoms with van der Waals surface area (Å²) in [4.78, 5) is 12.1. The standard InChI is InChI=1S/C18H19ClFNO2/c1-12-6-3-4-7-13(12)17(23-2)11-21-18(22)10-14-15(19)8-5-9-16(14)20/h3-9,17H,10-11H2,1-2H3,(H,21,22)/t17-/m0/s1. The number of halogens is 2. The van der Waals surface area contributed by atoms with E-state index in [2.05, 4.69) is 5.32 Å². The van der Waals surface area contributed by atoms with Crippen LogP contribution in [0.15, 0.2) is 42.5 Å². The Hall–Kier alpha value is -1.91. The number of ether oxygens (including phenoxy) is 1. The number of benzene rings is 2. The number of hydrogen-bond donors (Lipinski definition) is 1. The van der Waals surface area contributed by atoms with Crippen molar-refractivity contribution in [1.29, 1.82) is 0 Å². The van der Waals surface area contributed by atoms with Crippen molar-refractivity contribution in [2.24, 2.45) is 0 Å². The van der Waals surface area contributed by atoms with Crippen molar-refractivity contribution in [2.45, 2.75) is 19.4 Å². The highest BCUT2D eigenvalue weighted by atomic mass is 35.5. The predicted octanol–water partition coefficient (Wildman–Crippen LogP) is 3.83. The van der Waals surface area contributed by atoms with Gasteiger partial charge in [0.2, 0.25) is 5.91 Å². The lowest BCUT2D eigenvalue weighted by Crippen LogP contribution is -2.30. The minimum atomic E-state index is -0.477. The molecule has 0 aliphatic carbocycles. The fraction of sp³-hybridized carbons (Fsp3) is 0.278. The zero-order valence-corrected chi connectivity index (χ0v) is 13.9. The molecule has 0 bridgehead atoms. The zero-order chi connectivity index (χ0) is 16.8.